The molecule has 1 unspecified atom stereocenters. The minimum atomic E-state index is -0.776. The predicted octanol–water partition coefficient (Wildman–Crippen LogP) is 1.36. The van der Waals surface area contributed by atoms with Crippen molar-refractivity contribution in [1.82, 2.24) is 0 Å². The largest absolute Gasteiger partial charge is 0.495 e. The molecule has 88 valence electrons. The normalized spacial score (nSPS) is 12.2. The smallest absolute Gasteiger partial charge is 0.234 e. The van der Waals surface area contributed by atoms with Crippen LogP contribution in [0.15, 0.2) is 12.1 Å². The number of amides is 1. The molecule has 1 amide bonds. The van der Waals surface area contributed by atoms with Crippen molar-refractivity contribution in [3.63, 3.8) is 0 Å². The summed E-state index contributed by atoms with van der Waals surface area (Å²) in [7, 11) is 1.49. The maximum Gasteiger partial charge on any atom is 0.234 e. The Labute approximate surface area is 103 Å². The van der Waals surface area contributed by atoms with E-state index in [1.807, 2.05) is 0 Å². The van der Waals surface area contributed by atoms with Crippen molar-refractivity contribution in [1.29, 1.82) is 0 Å². The quantitative estimate of drug-likeness (QED) is 0.860. The fourth-order valence-corrected chi connectivity index (χ4v) is 1.72. The number of nitrogens with two attached hydrogens (primary N) is 2. The second-order valence-corrected chi connectivity index (χ2v) is 4.02. The number of halogens is 2. The fraction of sp³-hybridized carbons (Fsp3) is 0.300. The van der Waals surface area contributed by atoms with E-state index in [2.05, 4.69) is 0 Å². The Balaban J connectivity index is 2.99. The lowest BCUT2D eigenvalue weighted by Crippen LogP contribution is -2.38. The number of carbonyl (C=O) groups is 1. The number of ether oxygens (including phenoxy) is 1. The van der Waals surface area contributed by atoms with E-state index >= 15 is 0 Å². The van der Waals surface area contributed by atoms with Crippen LogP contribution in [0.5, 0.6) is 5.75 Å². The first-order valence-electron chi connectivity index (χ1n) is 4.53. The van der Waals surface area contributed by atoms with Crippen LogP contribution in [0, 0.1) is 0 Å². The van der Waals surface area contributed by atoms with Gasteiger partial charge in [-0.2, -0.15) is 0 Å². The van der Waals surface area contributed by atoms with Gasteiger partial charge in [-0.3, -0.25) is 4.79 Å². The maximum atomic E-state index is 10.8. The molecule has 0 saturated heterocycles. The molecule has 0 spiro atoms. The lowest BCUT2D eigenvalue weighted by molar-refractivity contribution is -0.119. The molecule has 6 heteroatoms. The van der Waals surface area contributed by atoms with Crippen molar-refractivity contribution in [3.05, 3.63) is 27.7 Å². The van der Waals surface area contributed by atoms with Crippen molar-refractivity contribution in [2.24, 2.45) is 11.5 Å². The van der Waals surface area contributed by atoms with Crippen LogP contribution in [0.3, 0.4) is 0 Å². The average molecular weight is 263 g/mol. The summed E-state index contributed by atoms with van der Waals surface area (Å²) in [6.45, 7) is 0. The number of rotatable bonds is 4. The van der Waals surface area contributed by atoms with Crippen molar-refractivity contribution in [2.75, 3.05) is 7.11 Å². The molecule has 0 fully saturated rings. The van der Waals surface area contributed by atoms with Gasteiger partial charge in [0.1, 0.15) is 10.8 Å². The molecule has 1 aromatic rings. The Kier molecular flexibility index (Phi) is 4.41. The molecule has 1 aromatic carbocycles. The van der Waals surface area contributed by atoms with Gasteiger partial charge in [0, 0.05) is 0 Å². The van der Waals surface area contributed by atoms with Crippen molar-refractivity contribution in [2.45, 2.75) is 12.5 Å². The molecule has 0 aliphatic carbocycles. The average Bonchev–Trinajstić information content (AvgIpc) is 2.25. The van der Waals surface area contributed by atoms with E-state index in [1.54, 1.807) is 12.1 Å². The van der Waals surface area contributed by atoms with Crippen molar-refractivity contribution in [3.8, 4) is 5.75 Å². The highest BCUT2D eigenvalue weighted by atomic mass is 35.5. The van der Waals surface area contributed by atoms with Crippen LogP contribution in [0.2, 0.25) is 10.0 Å². The fourth-order valence-electron chi connectivity index (χ4n) is 1.22. The molecular formula is C10H12Cl2N2O2. The number of benzene rings is 1. The Morgan fingerprint density at radius 2 is 2.06 bits per heavy atom. The Hall–Kier alpha value is -0.970. The monoisotopic (exact) mass is 262 g/mol. The first-order chi connectivity index (χ1) is 7.47. The molecule has 0 radical (unpaired) electrons. The Bertz CT molecular complexity index is 410. The SMILES string of the molecule is COc1ccc(CC(N)C(N)=O)c(Cl)c1Cl. The van der Waals surface area contributed by atoms with Crippen LogP contribution in [-0.4, -0.2) is 19.1 Å². The van der Waals surface area contributed by atoms with E-state index in [1.165, 1.54) is 7.11 Å². The zero-order valence-electron chi connectivity index (χ0n) is 8.67. The molecule has 0 aliphatic heterocycles. The molecule has 16 heavy (non-hydrogen) atoms. The van der Waals surface area contributed by atoms with Gasteiger partial charge in [0.05, 0.1) is 18.2 Å². The standard InChI is InChI=1S/C10H12Cl2N2O2/c1-16-7-3-2-5(8(11)9(7)12)4-6(13)10(14)15/h2-3,6H,4,13H2,1H3,(H2,14,15). The van der Waals surface area contributed by atoms with E-state index in [0.29, 0.717) is 21.4 Å². The first-order valence-corrected chi connectivity index (χ1v) is 5.28. The third kappa shape index (κ3) is 2.78. The molecule has 0 heterocycles. The van der Waals surface area contributed by atoms with Gasteiger partial charge in [0.15, 0.2) is 0 Å². The second-order valence-electron chi connectivity index (χ2n) is 3.27. The molecule has 0 aliphatic rings. The lowest BCUT2D eigenvalue weighted by Gasteiger charge is -2.12. The maximum absolute atomic E-state index is 10.8. The van der Waals surface area contributed by atoms with E-state index in [0.717, 1.165) is 0 Å². The van der Waals surface area contributed by atoms with Gasteiger partial charge in [-0.25, -0.2) is 0 Å². The molecule has 0 aromatic heterocycles. The first kappa shape index (κ1) is 13.1. The van der Waals surface area contributed by atoms with Gasteiger partial charge in [0.25, 0.3) is 0 Å². The van der Waals surface area contributed by atoms with Crippen LogP contribution in [0.1, 0.15) is 5.56 Å². The van der Waals surface area contributed by atoms with Crippen LogP contribution in [-0.2, 0) is 11.2 Å². The molecule has 0 saturated carbocycles. The summed E-state index contributed by atoms with van der Waals surface area (Å²) in [5.41, 5.74) is 11.3. The van der Waals surface area contributed by atoms with Crippen molar-refractivity contribution < 1.29 is 9.53 Å². The van der Waals surface area contributed by atoms with Gasteiger partial charge in [-0.15, -0.1) is 0 Å². The van der Waals surface area contributed by atoms with Crippen LogP contribution in [0.4, 0.5) is 0 Å². The number of hydrogen-bond acceptors (Lipinski definition) is 3. The second kappa shape index (κ2) is 5.39. The van der Waals surface area contributed by atoms with E-state index < -0.39 is 11.9 Å². The number of carbonyl (C=O) groups excluding carboxylic acids is 1. The highest BCUT2D eigenvalue weighted by Gasteiger charge is 2.15. The Morgan fingerprint density at radius 3 is 2.56 bits per heavy atom. The summed E-state index contributed by atoms with van der Waals surface area (Å²) in [6.07, 6.45) is 0.248. The summed E-state index contributed by atoms with van der Waals surface area (Å²) in [5.74, 6) is -0.105. The summed E-state index contributed by atoms with van der Waals surface area (Å²) >= 11 is 12.0. The van der Waals surface area contributed by atoms with E-state index in [9.17, 15) is 4.79 Å². The van der Waals surface area contributed by atoms with E-state index in [4.69, 9.17) is 39.4 Å². The van der Waals surface area contributed by atoms with Gasteiger partial charge < -0.3 is 16.2 Å². The molecule has 1 rings (SSSR count). The lowest BCUT2D eigenvalue weighted by atomic mass is 10.1. The zero-order valence-corrected chi connectivity index (χ0v) is 10.2. The van der Waals surface area contributed by atoms with Gasteiger partial charge >= 0.3 is 0 Å². The summed E-state index contributed by atoms with van der Waals surface area (Å²) in [6, 6.07) is 2.59. The highest BCUT2D eigenvalue weighted by molar-refractivity contribution is 6.43. The number of methoxy groups -OCH3 is 1. The van der Waals surface area contributed by atoms with Crippen LogP contribution >= 0.6 is 23.2 Å². The van der Waals surface area contributed by atoms with Crippen LogP contribution in [0.25, 0.3) is 0 Å². The van der Waals surface area contributed by atoms with Gasteiger partial charge in [0.2, 0.25) is 5.91 Å². The third-order valence-corrected chi connectivity index (χ3v) is 3.06. The zero-order chi connectivity index (χ0) is 12.3. The third-order valence-electron chi connectivity index (χ3n) is 2.15. The van der Waals surface area contributed by atoms with Crippen molar-refractivity contribution >= 4 is 29.1 Å². The Morgan fingerprint density at radius 1 is 1.44 bits per heavy atom. The minimum Gasteiger partial charge on any atom is -0.495 e. The molecule has 1 atom stereocenters. The summed E-state index contributed by atoms with van der Waals surface area (Å²) in [4.78, 5) is 10.8. The molecule has 4 N–H and O–H groups in total. The minimum absolute atomic E-state index is 0.248. The van der Waals surface area contributed by atoms with Gasteiger partial charge in [-0.05, 0) is 18.1 Å². The molecular weight excluding hydrogens is 251 g/mol. The predicted molar refractivity (Wildman–Crippen MR) is 63.9 cm³/mol. The topological polar surface area (TPSA) is 78.3 Å². The highest BCUT2D eigenvalue weighted by Crippen LogP contribution is 2.34. The van der Waals surface area contributed by atoms with Gasteiger partial charge in [-0.1, -0.05) is 29.3 Å². The van der Waals surface area contributed by atoms with E-state index in [-0.39, 0.29) is 6.42 Å². The molecule has 0 bridgehead atoms. The number of hydrogen-bond donors (Lipinski definition) is 2. The number of primary amides is 1. The summed E-state index contributed by atoms with van der Waals surface area (Å²) in [5, 5.41) is 0.635. The summed E-state index contributed by atoms with van der Waals surface area (Å²) < 4.78 is 4.99. The molecule has 4 nitrogen and oxygen atoms in total. The van der Waals surface area contributed by atoms with Crippen LogP contribution < -0.4 is 16.2 Å².